The first-order valence-electron chi connectivity index (χ1n) is 6.43. The van der Waals surface area contributed by atoms with Crippen LogP contribution < -0.4 is 0 Å². The molecule has 0 aromatic rings. The minimum Gasteiger partial charge on any atom is -0.0599 e. The van der Waals surface area contributed by atoms with Crippen molar-refractivity contribution in [1.29, 1.82) is 0 Å². The Labute approximate surface area is 83.5 Å². The van der Waals surface area contributed by atoms with Gasteiger partial charge in [-0.25, -0.2) is 0 Å². The zero-order valence-corrected chi connectivity index (χ0v) is 9.14. The molecule has 4 fully saturated rings. The molecule has 5 atom stereocenters. The molecule has 0 aromatic heterocycles. The van der Waals surface area contributed by atoms with Crippen molar-refractivity contribution in [1.82, 2.24) is 0 Å². The Morgan fingerprint density at radius 1 is 1.00 bits per heavy atom. The minimum absolute atomic E-state index is 0.0926. The van der Waals surface area contributed by atoms with Crippen molar-refractivity contribution in [3.05, 3.63) is 0 Å². The summed E-state index contributed by atoms with van der Waals surface area (Å²) < 4.78 is 8.90. The summed E-state index contributed by atoms with van der Waals surface area (Å²) in [6, 6.07) is 0. The van der Waals surface area contributed by atoms with E-state index in [4.69, 9.17) is 1.37 Å². The van der Waals surface area contributed by atoms with Crippen LogP contribution in [0.25, 0.3) is 0 Å². The van der Waals surface area contributed by atoms with E-state index in [0.717, 1.165) is 23.7 Å². The van der Waals surface area contributed by atoms with Crippen molar-refractivity contribution in [3.63, 3.8) is 0 Å². The van der Waals surface area contributed by atoms with Crippen LogP contribution in [0.1, 0.15) is 47.8 Å². The maximum atomic E-state index is 8.90. The Balaban J connectivity index is 2.02. The highest BCUT2D eigenvalue weighted by molar-refractivity contribution is 5.05. The van der Waals surface area contributed by atoms with Crippen LogP contribution in [0.15, 0.2) is 0 Å². The summed E-state index contributed by atoms with van der Waals surface area (Å²) in [6.07, 6.45) is 5.58. The van der Waals surface area contributed by atoms with Gasteiger partial charge in [0, 0.05) is 1.37 Å². The smallest absolute Gasteiger partial charge is 0.0314 e. The van der Waals surface area contributed by atoms with Gasteiger partial charge in [-0.05, 0) is 60.7 Å². The molecule has 0 nitrogen and oxygen atoms in total. The third-order valence-corrected chi connectivity index (χ3v) is 4.70. The lowest BCUT2D eigenvalue weighted by molar-refractivity contribution is 0.0871. The Morgan fingerprint density at radius 3 is 2.31 bits per heavy atom. The molecule has 74 valence electrons. The van der Waals surface area contributed by atoms with Crippen molar-refractivity contribution in [3.8, 4) is 0 Å². The fourth-order valence-electron chi connectivity index (χ4n) is 4.66. The highest BCUT2D eigenvalue weighted by Crippen LogP contribution is 2.64. The van der Waals surface area contributed by atoms with E-state index >= 15 is 0 Å². The fraction of sp³-hybridized carbons (Fsp3) is 1.00. The number of hydrogen-bond acceptors (Lipinski definition) is 0. The third-order valence-electron chi connectivity index (χ3n) is 4.70. The van der Waals surface area contributed by atoms with E-state index in [2.05, 4.69) is 20.8 Å². The molecule has 0 N–H and O–H groups in total. The summed E-state index contributed by atoms with van der Waals surface area (Å²) in [4.78, 5) is 0. The van der Waals surface area contributed by atoms with Crippen LogP contribution >= 0.6 is 0 Å². The highest BCUT2D eigenvalue weighted by atomic mass is 14.6. The van der Waals surface area contributed by atoms with Crippen LogP contribution in [0, 0.1) is 35.0 Å². The number of rotatable bonds is 0. The molecule has 0 heteroatoms. The van der Waals surface area contributed by atoms with Crippen molar-refractivity contribution in [2.75, 3.05) is 0 Å². The van der Waals surface area contributed by atoms with Crippen LogP contribution in [-0.2, 0) is 0 Å². The predicted octanol–water partition coefficient (Wildman–Crippen LogP) is 3.71. The third kappa shape index (κ3) is 1.04. The van der Waals surface area contributed by atoms with Gasteiger partial charge in [-0.2, -0.15) is 0 Å². The van der Waals surface area contributed by atoms with E-state index in [9.17, 15) is 0 Å². The molecule has 0 amide bonds. The van der Waals surface area contributed by atoms with Crippen LogP contribution in [0.4, 0.5) is 0 Å². The summed E-state index contributed by atoms with van der Waals surface area (Å²) in [5, 5.41) is 0. The van der Waals surface area contributed by atoms with E-state index in [1.165, 1.54) is 25.7 Å². The molecular formula is C13H22. The van der Waals surface area contributed by atoms with E-state index in [1.54, 1.807) is 0 Å². The average Bonchev–Trinajstić information content (AvgIpc) is 2.45. The van der Waals surface area contributed by atoms with Crippen molar-refractivity contribution in [2.45, 2.75) is 46.5 Å². The Bertz CT molecular complexity index is 261. The monoisotopic (exact) mass is 179 g/mol. The molecule has 0 aliphatic heterocycles. The molecule has 13 heavy (non-hydrogen) atoms. The number of hydrogen-bond donors (Lipinski definition) is 0. The highest BCUT2D eigenvalue weighted by Gasteiger charge is 2.56. The summed E-state index contributed by atoms with van der Waals surface area (Å²) in [6.45, 7) is 6.86. The zero-order valence-electron chi connectivity index (χ0n) is 10.1. The molecule has 4 saturated carbocycles. The summed E-state index contributed by atoms with van der Waals surface area (Å²) in [7, 11) is 0. The molecule has 4 rings (SSSR count). The van der Waals surface area contributed by atoms with E-state index in [-0.39, 0.29) is 11.3 Å². The largest absolute Gasteiger partial charge is 0.0599 e. The standard InChI is InChI=1S/C13H22/c1-13(2,3)12-10-5-8-4-9(7-10)11(12)6-8/h8-12H,4-7H2,1-3H3/i12D. The first-order valence-corrected chi connectivity index (χ1v) is 5.93. The lowest BCUT2D eigenvalue weighted by atomic mass is 9.65. The zero-order chi connectivity index (χ0) is 10.1. The summed E-state index contributed by atoms with van der Waals surface area (Å²) in [5.74, 6) is 3.31. The molecule has 0 saturated heterocycles. The van der Waals surface area contributed by atoms with Gasteiger partial charge in [-0.3, -0.25) is 0 Å². The maximum absolute atomic E-state index is 8.90. The second-order valence-electron chi connectivity index (χ2n) is 6.58. The topological polar surface area (TPSA) is 0 Å². The van der Waals surface area contributed by atoms with Gasteiger partial charge >= 0.3 is 0 Å². The Morgan fingerprint density at radius 2 is 1.69 bits per heavy atom. The van der Waals surface area contributed by atoms with Gasteiger partial charge in [0.05, 0.1) is 0 Å². The molecule has 0 aromatic carbocycles. The average molecular weight is 179 g/mol. The van der Waals surface area contributed by atoms with Gasteiger partial charge in [-0.1, -0.05) is 20.8 Å². The fourth-order valence-corrected chi connectivity index (χ4v) is 4.66. The van der Waals surface area contributed by atoms with Gasteiger partial charge < -0.3 is 0 Å². The van der Waals surface area contributed by atoms with Gasteiger partial charge in [0.1, 0.15) is 0 Å². The van der Waals surface area contributed by atoms with Crippen LogP contribution in [0.2, 0.25) is 0 Å². The molecule has 0 radical (unpaired) electrons. The summed E-state index contributed by atoms with van der Waals surface area (Å²) >= 11 is 0. The quantitative estimate of drug-likeness (QED) is 0.531. The summed E-state index contributed by atoms with van der Waals surface area (Å²) in [5.41, 5.74) is 0.187. The lowest BCUT2D eigenvalue weighted by Crippen LogP contribution is -2.33. The van der Waals surface area contributed by atoms with E-state index in [1.807, 2.05) is 0 Å². The van der Waals surface area contributed by atoms with Gasteiger partial charge in [0.15, 0.2) is 0 Å². The first-order chi connectivity index (χ1) is 6.43. The first kappa shape index (κ1) is 7.31. The van der Waals surface area contributed by atoms with Crippen molar-refractivity contribution in [2.24, 2.45) is 35.0 Å². The Hall–Kier alpha value is 0. The molecular weight excluding hydrogens is 156 g/mol. The minimum atomic E-state index is -0.0926. The lowest BCUT2D eigenvalue weighted by Gasteiger charge is -2.40. The van der Waals surface area contributed by atoms with Crippen molar-refractivity contribution >= 4 is 0 Å². The molecule has 0 heterocycles. The SMILES string of the molecule is [2H]C1(C(C)(C)C)C2CC3CC(C2)C1C3. The van der Waals surface area contributed by atoms with Crippen LogP contribution in [0.3, 0.4) is 0 Å². The van der Waals surface area contributed by atoms with Gasteiger partial charge in [0.2, 0.25) is 0 Å². The van der Waals surface area contributed by atoms with E-state index in [0.29, 0.717) is 0 Å². The molecule has 5 unspecified atom stereocenters. The predicted molar refractivity (Wildman–Crippen MR) is 55.4 cm³/mol. The van der Waals surface area contributed by atoms with Crippen LogP contribution in [-0.4, -0.2) is 0 Å². The van der Waals surface area contributed by atoms with Gasteiger partial charge in [0.25, 0.3) is 0 Å². The second-order valence-corrected chi connectivity index (χ2v) is 6.58. The molecule has 4 aliphatic rings. The van der Waals surface area contributed by atoms with Gasteiger partial charge in [-0.15, -0.1) is 0 Å². The van der Waals surface area contributed by atoms with Crippen LogP contribution in [0.5, 0.6) is 0 Å². The Kier molecular flexibility index (Phi) is 1.31. The normalized spacial score (nSPS) is 60.1. The van der Waals surface area contributed by atoms with Crippen molar-refractivity contribution < 1.29 is 1.37 Å². The van der Waals surface area contributed by atoms with E-state index < -0.39 is 0 Å². The molecule has 4 aliphatic carbocycles. The molecule has 0 spiro atoms. The second kappa shape index (κ2) is 2.32. The molecule has 4 bridgehead atoms. The maximum Gasteiger partial charge on any atom is 0.0314 e.